The Hall–Kier alpha value is -2.28. The summed E-state index contributed by atoms with van der Waals surface area (Å²) in [7, 11) is 1.70. The summed E-state index contributed by atoms with van der Waals surface area (Å²) in [6.07, 6.45) is 2.29. The van der Waals surface area contributed by atoms with Crippen LogP contribution in [0.1, 0.15) is 28.4 Å². The largest absolute Gasteiger partial charge is 0.346 e. The van der Waals surface area contributed by atoms with Gasteiger partial charge in [0.05, 0.1) is 0 Å². The summed E-state index contributed by atoms with van der Waals surface area (Å²) in [6.45, 7) is 1.34. The fourth-order valence-electron chi connectivity index (χ4n) is 2.99. The summed E-state index contributed by atoms with van der Waals surface area (Å²) in [5, 5.41) is 10.2. The maximum atomic E-state index is 13.5. The van der Waals surface area contributed by atoms with Gasteiger partial charge < -0.3 is 10.6 Å². The van der Waals surface area contributed by atoms with E-state index in [0.717, 1.165) is 19.0 Å². The van der Waals surface area contributed by atoms with Crippen molar-refractivity contribution in [3.05, 3.63) is 53.4 Å². The predicted octanol–water partition coefficient (Wildman–Crippen LogP) is 1.57. The van der Waals surface area contributed by atoms with Crippen LogP contribution in [-0.2, 0) is 7.05 Å². The number of benzene rings is 1. The van der Waals surface area contributed by atoms with Crippen molar-refractivity contribution in [3.63, 3.8) is 0 Å². The Morgan fingerprint density at radius 3 is 2.87 bits per heavy atom. The molecule has 0 saturated carbocycles. The molecule has 2 heterocycles. The third-order valence-electron chi connectivity index (χ3n) is 4.22. The molecule has 2 unspecified atom stereocenters. The molecule has 1 aromatic carbocycles. The smallest absolute Gasteiger partial charge is 0.269 e. The van der Waals surface area contributed by atoms with Crippen molar-refractivity contribution in [1.82, 2.24) is 20.4 Å². The summed E-state index contributed by atoms with van der Waals surface area (Å²) in [5.41, 5.74) is 1.15. The molecule has 3 rings (SSSR count). The van der Waals surface area contributed by atoms with Gasteiger partial charge in [-0.1, -0.05) is 6.07 Å². The number of hydrogen-bond donors (Lipinski definition) is 2. The molecule has 23 heavy (non-hydrogen) atoms. The minimum atomic E-state index is -0.863. The molecule has 1 aromatic heterocycles. The SMILES string of the molecule is Cn1nccc1C(=O)NC1CNCCC1c1ccc(F)c(F)c1. The zero-order valence-electron chi connectivity index (χ0n) is 12.7. The number of rotatable bonds is 3. The minimum absolute atomic E-state index is 0.0662. The zero-order valence-corrected chi connectivity index (χ0v) is 12.7. The van der Waals surface area contributed by atoms with E-state index in [-0.39, 0.29) is 17.9 Å². The van der Waals surface area contributed by atoms with Crippen LogP contribution in [0.4, 0.5) is 8.78 Å². The second-order valence-electron chi connectivity index (χ2n) is 5.69. The monoisotopic (exact) mass is 320 g/mol. The fourth-order valence-corrected chi connectivity index (χ4v) is 2.99. The summed E-state index contributed by atoms with van der Waals surface area (Å²) < 4.78 is 28.1. The Kier molecular flexibility index (Phi) is 4.38. The highest BCUT2D eigenvalue weighted by Crippen LogP contribution is 2.27. The first-order valence-electron chi connectivity index (χ1n) is 7.51. The molecule has 7 heteroatoms. The number of piperidine rings is 1. The summed E-state index contributed by atoms with van der Waals surface area (Å²) in [6, 6.07) is 5.37. The van der Waals surface area contributed by atoms with Crippen molar-refractivity contribution >= 4 is 5.91 Å². The molecule has 1 saturated heterocycles. The quantitative estimate of drug-likeness (QED) is 0.903. The number of hydrogen-bond acceptors (Lipinski definition) is 3. The number of amides is 1. The maximum Gasteiger partial charge on any atom is 0.269 e. The van der Waals surface area contributed by atoms with Crippen molar-refractivity contribution in [2.45, 2.75) is 18.4 Å². The third-order valence-corrected chi connectivity index (χ3v) is 4.22. The van der Waals surface area contributed by atoms with Crippen LogP contribution in [0.25, 0.3) is 0 Å². The Morgan fingerprint density at radius 2 is 2.17 bits per heavy atom. The van der Waals surface area contributed by atoms with Gasteiger partial charge in [-0.25, -0.2) is 8.78 Å². The van der Waals surface area contributed by atoms with Crippen molar-refractivity contribution in [2.24, 2.45) is 7.05 Å². The second kappa shape index (κ2) is 6.45. The van der Waals surface area contributed by atoms with E-state index in [4.69, 9.17) is 0 Å². The van der Waals surface area contributed by atoms with E-state index in [1.165, 1.54) is 10.7 Å². The van der Waals surface area contributed by atoms with Gasteiger partial charge in [-0.15, -0.1) is 0 Å². The molecule has 1 aliphatic rings. The zero-order chi connectivity index (χ0) is 16.4. The fraction of sp³-hybridized carbons (Fsp3) is 0.375. The maximum absolute atomic E-state index is 13.5. The van der Waals surface area contributed by atoms with Crippen LogP contribution in [0.5, 0.6) is 0 Å². The number of halogens is 2. The van der Waals surface area contributed by atoms with Gasteiger partial charge in [0.1, 0.15) is 5.69 Å². The first-order valence-corrected chi connectivity index (χ1v) is 7.51. The summed E-state index contributed by atoms with van der Waals surface area (Å²) in [5.74, 6) is -2.02. The molecule has 122 valence electrons. The molecule has 1 fully saturated rings. The average molecular weight is 320 g/mol. The standard InChI is InChI=1S/C16H18F2N4O/c1-22-15(5-7-20-22)16(23)21-14-9-19-6-4-11(14)10-2-3-12(17)13(18)8-10/h2-3,5,7-8,11,14,19H,4,6,9H2,1H3,(H,21,23). The van der Waals surface area contributed by atoms with E-state index in [0.29, 0.717) is 17.8 Å². The Morgan fingerprint density at radius 1 is 1.35 bits per heavy atom. The number of aromatic nitrogens is 2. The van der Waals surface area contributed by atoms with Gasteiger partial charge in [0.2, 0.25) is 0 Å². The lowest BCUT2D eigenvalue weighted by atomic mass is 9.86. The van der Waals surface area contributed by atoms with Gasteiger partial charge in [-0.3, -0.25) is 9.48 Å². The molecule has 2 aromatic rings. The predicted molar refractivity (Wildman–Crippen MR) is 81.0 cm³/mol. The number of carbonyl (C=O) groups excluding carboxylic acids is 1. The molecule has 0 spiro atoms. The van der Waals surface area contributed by atoms with Crippen LogP contribution in [0.3, 0.4) is 0 Å². The topological polar surface area (TPSA) is 59.0 Å². The van der Waals surface area contributed by atoms with Gasteiger partial charge >= 0.3 is 0 Å². The van der Waals surface area contributed by atoms with Crippen molar-refractivity contribution in [2.75, 3.05) is 13.1 Å². The number of aryl methyl sites for hydroxylation is 1. The van der Waals surface area contributed by atoms with Crippen LogP contribution in [-0.4, -0.2) is 34.8 Å². The molecule has 1 amide bonds. The third kappa shape index (κ3) is 3.24. The van der Waals surface area contributed by atoms with Crippen LogP contribution in [0.15, 0.2) is 30.5 Å². The molecular weight excluding hydrogens is 302 g/mol. The van der Waals surface area contributed by atoms with Gasteiger partial charge in [0.25, 0.3) is 5.91 Å². The second-order valence-corrected chi connectivity index (χ2v) is 5.69. The molecular formula is C16H18F2N4O. The molecule has 1 aliphatic heterocycles. The van der Waals surface area contributed by atoms with E-state index in [2.05, 4.69) is 15.7 Å². The molecule has 2 atom stereocenters. The minimum Gasteiger partial charge on any atom is -0.346 e. The van der Waals surface area contributed by atoms with Gasteiger partial charge in [-0.05, 0) is 36.7 Å². The Labute approximate surface area is 132 Å². The van der Waals surface area contributed by atoms with Crippen LogP contribution in [0.2, 0.25) is 0 Å². The van der Waals surface area contributed by atoms with Gasteiger partial charge in [0.15, 0.2) is 11.6 Å². The Balaban J connectivity index is 1.80. The van der Waals surface area contributed by atoms with E-state index >= 15 is 0 Å². The number of nitrogens with one attached hydrogen (secondary N) is 2. The Bertz CT molecular complexity index is 716. The van der Waals surface area contributed by atoms with E-state index in [9.17, 15) is 13.6 Å². The highest BCUT2D eigenvalue weighted by molar-refractivity contribution is 5.92. The average Bonchev–Trinajstić information content (AvgIpc) is 2.97. The number of nitrogens with zero attached hydrogens (tertiary/aromatic N) is 2. The van der Waals surface area contributed by atoms with Crippen LogP contribution < -0.4 is 10.6 Å². The molecule has 2 N–H and O–H groups in total. The highest BCUT2D eigenvalue weighted by Gasteiger charge is 2.29. The molecule has 0 radical (unpaired) electrons. The van der Waals surface area contributed by atoms with E-state index in [1.807, 2.05) is 0 Å². The summed E-state index contributed by atoms with van der Waals surface area (Å²) in [4.78, 5) is 12.4. The van der Waals surface area contributed by atoms with E-state index < -0.39 is 11.6 Å². The molecule has 5 nitrogen and oxygen atoms in total. The van der Waals surface area contributed by atoms with Crippen molar-refractivity contribution in [3.8, 4) is 0 Å². The number of carbonyl (C=O) groups is 1. The van der Waals surface area contributed by atoms with Crippen LogP contribution in [0, 0.1) is 11.6 Å². The van der Waals surface area contributed by atoms with Gasteiger partial charge in [-0.2, -0.15) is 5.10 Å². The van der Waals surface area contributed by atoms with Crippen molar-refractivity contribution < 1.29 is 13.6 Å². The molecule has 0 aliphatic carbocycles. The lowest BCUT2D eigenvalue weighted by Crippen LogP contribution is -2.50. The normalized spacial score (nSPS) is 21.2. The first-order chi connectivity index (χ1) is 11.1. The van der Waals surface area contributed by atoms with Crippen LogP contribution >= 0.6 is 0 Å². The van der Waals surface area contributed by atoms with Gasteiger partial charge in [0, 0.05) is 31.7 Å². The molecule has 0 bridgehead atoms. The van der Waals surface area contributed by atoms with Crippen molar-refractivity contribution in [1.29, 1.82) is 0 Å². The summed E-state index contributed by atoms with van der Waals surface area (Å²) >= 11 is 0. The van der Waals surface area contributed by atoms with E-state index in [1.54, 1.807) is 25.4 Å². The lowest BCUT2D eigenvalue weighted by molar-refractivity contribution is 0.0915. The lowest BCUT2D eigenvalue weighted by Gasteiger charge is -2.33. The first kappa shape index (κ1) is 15.6. The highest BCUT2D eigenvalue weighted by atomic mass is 19.2.